The molecule has 0 saturated carbocycles. The molecule has 2 aromatic carbocycles. The van der Waals surface area contributed by atoms with Gasteiger partial charge in [0.25, 0.3) is 5.91 Å². The van der Waals surface area contributed by atoms with Crippen molar-refractivity contribution < 1.29 is 14.3 Å². The van der Waals surface area contributed by atoms with E-state index in [1.165, 1.54) is 13.4 Å². The van der Waals surface area contributed by atoms with E-state index in [0.717, 1.165) is 29.5 Å². The summed E-state index contributed by atoms with van der Waals surface area (Å²) < 4.78 is 13.0. The Bertz CT molecular complexity index is 1700. The van der Waals surface area contributed by atoms with Crippen molar-refractivity contribution in [1.82, 2.24) is 35.0 Å². The van der Waals surface area contributed by atoms with Gasteiger partial charge in [0, 0.05) is 85.1 Å². The predicted molar refractivity (Wildman–Crippen MR) is 151 cm³/mol. The lowest BCUT2D eigenvalue weighted by atomic mass is 10.0. The topological polar surface area (TPSA) is 132 Å². The molecule has 2 N–H and O–H groups in total. The highest BCUT2D eigenvalue weighted by Gasteiger charge is 2.25. The average molecular weight is 540 g/mol. The quantitative estimate of drug-likeness (QED) is 0.330. The number of fused-ring (bicyclic) bond motifs is 2. The van der Waals surface area contributed by atoms with Gasteiger partial charge in [-0.05, 0) is 32.0 Å². The summed E-state index contributed by atoms with van der Waals surface area (Å²) in [6.07, 6.45) is 6.58. The van der Waals surface area contributed by atoms with E-state index >= 15 is 0 Å². The second-order valence-electron chi connectivity index (χ2n) is 9.94. The van der Waals surface area contributed by atoms with Gasteiger partial charge in [-0.3, -0.25) is 9.48 Å². The van der Waals surface area contributed by atoms with Crippen LogP contribution < -0.4 is 25.0 Å². The van der Waals surface area contributed by atoms with Crippen LogP contribution in [0.4, 0.5) is 11.4 Å². The normalized spacial score (nSPS) is 17.2. The highest BCUT2D eigenvalue weighted by atomic mass is 16.5. The number of nitrogens with one attached hydrogen (secondary N) is 2. The summed E-state index contributed by atoms with van der Waals surface area (Å²) in [6, 6.07) is 9.83. The van der Waals surface area contributed by atoms with Crippen molar-refractivity contribution in [2.75, 3.05) is 30.4 Å². The van der Waals surface area contributed by atoms with E-state index in [-0.39, 0.29) is 11.9 Å². The molecule has 6 rings (SSSR count). The molecule has 40 heavy (non-hydrogen) atoms. The van der Waals surface area contributed by atoms with Gasteiger partial charge in [0.1, 0.15) is 11.8 Å². The molecule has 1 aliphatic rings. The Kier molecular flexibility index (Phi) is 6.60. The van der Waals surface area contributed by atoms with Gasteiger partial charge in [0.15, 0.2) is 5.75 Å². The van der Waals surface area contributed by atoms with Gasteiger partial charge in [0.2, 0.25) is 5.88 Å². The molecule has 1 amide bonds. The van der Waals surface area contributed by atoms with Crippen molar-refractivity contribution in [2.24, 2.45) is 7.05 Å². The number of anilines is 2. The second kappa shape index (κ2) is 10.4. The lowest BCUT2D eigenvalue weighted by Crippen LogP contribution is -2.54. The Labute approximate surface area is 230 Å². The zero-order valence-electron chi connectivity index (χ0n) is 22.6. The Hall–Kier alpha value is -4.84. The summed E-state index contributed by atoms with van der Waals surface area (Å²) in [5.74, 6) is 0.501. The third-order valence-electron chi connectivity index (χ3n) is 6.75. The largest absolute Gasteiger partial charge is 0.467 e. The number of hydrogen-bond acceptors (Lipinski definition) is 10. The summed E-state index contributed by atoms with van der Waals surface area (Å²) in [6.45, 7) is 5.98. The first-order valence-corrected chi connectivity index (χ1v) is 13.0. The molecule has 0 unspecified atom stereocenters. The summed E-state index contributed by atoms with van der Waals surface area (Å²) in [7, 11) is 3.33. The Morgan fingerprint density at radius 2 is 1.93 bits per heavy atom. The molecule has 0 spiro atoms. The minimum atomic E-state index is -0.324. The maximum Gasteiger partial charge on any atom is 0.316 e. The molecule has 12 nitrogen and oxygen atoms in total. The molecule has 1 aliphatic heterocycles. The summed E-state index contributed by atoms with van der Waals surface area (Å²) >= 11 is 0. The molecule has 0 aliphatic carbocycles. The minimum absolute atomic E-state index is 0.193. The number of aryl methyl sites for hydroxylation is 1. The first-order valence-electron chi connectivity index (χ1n) is 13.0. The lowest BCUT2D eigenvalue weighted by molar-refractivity contribution is 0.102. The fourth-order valence-electron chi connectivity index (χ4n) is 5.19. The van der Waals surface area contributed by atoms with Gasteiger partial charge >= 0.3 is 6.01 Å². The standard InChI is InChI=1S/C28H29N9O3/c1-16-12-37(13-17(2)32-16)22-6-5-20(26-21(22)11-30-28(34-26)39-4)27(38)33-19-9-18-14-36(3)35-25(18)23(10-19)40-24-7-8-29-15-31-24/h5-11,14-17,32H,12-13H2,1-4H3,(H,33,38)/t16-,17-/m0/s1. The molecule has 4 heterocycles. The van der Waals surface area contributed by atoms with Crippen molar-refractivity contribution in [3.63, 3.8) is 0 Å². The zero-order chi connectivity index (χ0) is 27.8. The number of carbonyl (C=O) groups excluding carboxylic acids is 1. The molecule has 0 radical (unpaired) electrons. The first kappa shape index (κ1) is 25.4. The number of amides is 1. The third kappa shape index (κ3) is 4.96. The monoisotopic (exact) mass is 539 g/mol. The van der Waals surface area contributed by atoms with E-state index in [1.807, 2.05) is 25.4 Å². The Morgan fingerprint density at radius 3 is 2.67 bits per heavy atom. The van der Waals surface area contributed by atoms with Crippen molar-refractivity contribution in [1.29, 1.82) is 0 Å². The van der Waals surface area contributed by atoms with Crippen LogP contribution >= 0.6 is 0 Å². The molecular formula is C28H29N9O3. The second-order valence-corrected chi connectivity index (χ2v) is 9.94. The third-order valence-corrected chi connectivity index (χ3v) is 6.75. The summed E-state index contributed by atoms with van der Waals surface area (Å²) in [4.78, 5) is 33.0. The van der Waals surface area contributed by atoms with Crippen molar-refractivity contribution in [3.05, 3.63) is 60.8 Å². The number of aromatic nitrogens is 6. The average Bonchev–Trinajstić information content (AvgIpc) is 3.32. The van der Waals surface area contributed by atoms with Crippen LogP contribution in [0.25, 0.3) is 21.8 Å². The van der Waals surface area contributed by atoms with Crippen LogP contribution in [0.1, 0.15) is 24.2 Å². The van der Waals surface area contributed by atoms with Crippen LogP contribution in [0.3, 0.4) is 0 Å². The van der Waals surface area contributed by atoms with Gasteiger partial charge in [-0.1, -0.05) is 0 Å². The van der Waals surface area contributed by atoms with E-state index in [1.54, 1.807) is 35.3 Å². The molecule has 5 aromatic rings. The van der Waals surface area contributed by atoms with Gasteiger partial charge in [-0.15, -0.1) is 0 Å². The number of nitrogens with zero attached hydrogens (tertiary/aromatic N) is 7. The van der Waals surface area contributed by atoms with Crippen molar-refractivity contribution >= 4 is 39.1 Å². The zero-order valence-corrected chi connectivity index (χ0v) is 22.6. The Balaban J connectivity index is 1.37. The maximum atomic E-state index is 13.7. The van der Waals surface area contributed by atoms with Crippen LogP contribution in [-0.2, 0) is 7.05 Å². The van der Waals surface area contributed by atoms with E-state index in [0.29, 0.717) is 46.0 Å². The number of carbonyl (C=O) groups is 1. The van der Waals surface area contributed by atoms with E-state index < -0.39 is 0 Å². The van der Waals surface area contributed by atoms with E-state index in [4.69, 9.17) is 9.47 Å². The molecule has 0 bridgehead atoms. The minimum Gasteiger partial charge on any atom is -0.467 e. The van der Waals surface area contributed by atoms with Gasteiger partial charge in [0.05, 0.1) is 18.2 Å². The van der Waals surface area contributed by atoms with Crippen LogP contribution in [-0.4, -0.2) is 67.9 Å². The maximum absolute atomic E-state index is 13.7. The summed E-state index contributed by atoms with van der Waals surface area (Å²) in [5, 5.41) is 12.7. The van der Waals surface area contributed by atoms with Gasteiger partial charge in [-0.2, -0.15) is 10.1 Å². The number of piperazine rings is 1. The van der Waals surface area contributed by atoms with Crippen LogP contribution in [0.15, 0.2) is 55.2 Å². The first-order chi connectivity index (χ1) is 19.4. The van der Waals surface area contributed by atoms with Crippen LogP contribution in [0, 0.1) is 0 Å². The number of hydrogen-bond donors (Lipinski definition) is 2. The SMILES string of the molecule is COc1ncc2c(N3C[C@H](C)N[C@@H](C)C3)ccc(C(=O)Nc3cc(Oc4ccncn4)c4nn(C)cc4c3)c2n1. The van der Waals surface area contributed by atoms with Crippen molar-refractivity contribution in [3.8, 4) is 17.6 Å². The van der Waals surface area contributed by atoms with Gasteiger partial charge < -0.3 is 25.0 Å². The highest BCUT2D eigenvalue weighted by Crippen LogP contribution is 2.34. The number of rotatable bonds is 6. The molecule has 1 saturated heterocycles. The molecular weight excluding hydrogens is 510 g/mol. The number of benzene rings is 2. The molecule has 12 heteroatoms. The number of ether oxygens (including phenoxy) is 2. The fraction of sp³-hybridized carbons (Fsp3) is 0.286. The van der Waals surface area contributed by atoms with E-state index in [2.05, 4.69) is 54.4 Å². The summed E-state index contributed by atoms with van der Waals surface area (Å²) in [5.41, 5.74) is 3.08. The lowest BCUT2D eigenvalue weighted by Gasteiger charge is -2.38. The van der Waals surface area contributed by atoms with Gasteiger partial charge in [-0.25, -0.2) is 15.0 Å². The smallest absolute Gasteiger partial charge is 0.316 e. The van der Waals surface area contributed by atoms with Crippen LogP contribution in [0.5, 0.6) is 17.6 Å². The highest BCUT2D eigenvalue weighted by molar-refractivity contribution is 6.14. The molecule has 204 valence electrons. The Morgan fingerprint density at radius 1 is 1.10 bits per heavy atom. The van der Waals surface area contributed by atoms with Crippen molar-refractivity contribution in [2.45, 2.75) is 25.9 Å². The molecule has 2 atom stereocenters. The fourth-order valence-corrected chi connectivity index (χ4v) is 5.19. The van der Waals surface area contributed by atoms with Crippen LogP contribution in [0.2, 0.25) is 0 Å². The predicted octanol–water partition coefficient (Wildman–Crippen LogP) is 3.55. The van der Waals surface area contributed by atoms with E-state index in [9.17, 15) is 4.79 Å². The molecule has 1 fully saturated rings. The number of methoxy groups -OCH3 is 1. The molecule has 3 aromatic heterocycles.